The number of anilines is 2. The number of hydrogen-bond donors (Lipinski definition) is 2. The number of para-hydroxylation sites is 1. The number of fused-ring (bicyclic) bond motifs is 1. The molecule has 20 heavy (non-hydrogen) atoms. The van der Waals surface area contributed by atoms with Gasteiger partial charge in [0.15, 0.2) is 0 Å². The van der Waals surface area contributed by atoms with Crippen LogP contribution in [0.2, 0.25) is 0 Å². The van der Waals surface area contributed by atoms with Gasteiger partial charge in [0, 0.05) is 24.0 Å². The van der Waals surface area contributed by atoms with Crippen molar-refractivity contribution in [1.29, 1.82) is 5.41 Å². The van der Waals surface area contributed by atoms with Gasteiger partial charge in [0.25, 0.3) is 0 Å². The highest BCUT2D eigenvalue weighted by Gasteiger charge is 2.23. The van der Waals surface area contributed by atoms with Crippen LogP contribution in [-0.2, 0) is 6.42 Å². The number of rotatable bonds is 2. The topological polar surface area (TPSA) is 66.0 Å². The Bertz CT molecular complexity index is 650. The number of aromatic nitrogens is 1. The molecule has 1 aromatic carbocycles. The molecule has 1 atom stereocenters. The lowest BCUT2D eigenvalue weighted by atomic mass is 9.94. The van der Waals surface area contributed by atoms with Gasteiger partial charge in [-0.1, -0.05) is 25.1 Å². The molecule has 0 bridgehead atoms. The normalized spacial score (nSPS) is 17.6. The molecule has 2 heterocycles. The van der Waals surface area contributed by atoms with Gasteiger partial charge in [0.2, 0.25) is 0 Å². The summed E-state index contributed by atoms with van der Waals surface area (Å²) < 4.78 is 0. The van der Waals surface area contributed by atoms with E-state index in [0.717, 1.165) is 18.8 Å². The van der Waals surface area contributed by atoms with Crippen molar-refractivity contribution in [3.63, 3.8) is 0 Å². The van der Waals surface area contributed by atoms with Crippen molar-refractivity contribution in [2.75, 3.05) is 11.4 Å². The zero-order valence-corrected chi connectivity index (χ0v) is 11.5. The highest BCUT2D eigenvalue weighted by atomic mass is 15.2. The minimum Gasteiger partial charge on any atom is -0.384 e. The lowest BCUT2D eigenvalue weighted by Gasteiger charge is -2.34. The standard InChI is InChI=1S/C16H18N4/c1-11-8-12-4-2-3-5-14(12)20(10-11)15-9-13(16(17)18)6-7-19-15/h2-7,9,11H,8,10H2,1H3,(H3,17,18). The summed E-state index contributed by atoms with van der Waals surface area (Å²) in [6.07, 6.45) is 2.81. The van der Waals surface area contributed by atoms with Crippen molar-refractivity contribution in [3.05, 3.63) is 53.7 Å². The fourth-order valence-electron chi connectivity index (χ4n) is 2.75. The zero-order chi connectivity index (χ0) is 14.1. The molecule has 1 aliphatic heterocycles. The first-order valence-corrected chi connectivity index (χ1v) is 6.81. The van der Waals surface area contributed by atoms with Crippen LogP contribution in [0.3, 0.4) is 0 Å². The Kier molecular flexibility index (Phi) is 3.14. The molecule has 0 fully saturated rings. The van der Waals surface area contributed by atoms with E-state index in [4.69, 9.17) is 11.1 Å². The van der Waals surface area contributed by atoms with Crippen LogP contribution in [0.1, 0.15) is 18.1 Å². The number of nitrogens with one attached hydrogen (secondary N) is 1. The molecular formula is C16H18N4. The molecule has 3 N–H and O–H groups in total. The van der Waals surface area contributed by atoms with Gasteiger partial charge in [-0.2, -0.15) is 0 Å². The molecule has 4 nitrogen and oxygen atoms in total. The van der Waals surface area contributed by atoms with Gasteiger partial charge < -0.3 is 10.6 Å². The minimum atomic E-state index is 0.0759. The largest absolute Gasteiger partial charge is 0.384 e. The van der Waals surface area contributed by atoms with E-state index in [1.165, 1.54) is 11.3 Å². The number of hydrogen-bond acceptors (Lipinski definition) is 3. The molecule has 4 heteroatoms. The second-order valence-corrected chi connectivity index (χ2v) is 5.37. The Balaban J connectivity index is 2.06. The average Bonchev–Trinajstić information content (AvgIpc) is 2.46. The van der Waals surface area contributed by atoms with Crippen molar-refractivity contribution < 1.29 is 0 Å². The molecule has 0 spiro atoms. The molecule has 0 saturated heterocycles. The highest BCUT2D eigenvalue weighted by molar-refractivity contribution is 5.95. The summed E-state index contributed by atoms with van der Waals surface area (Å²) in [6.45, 7) is 3.18. The van der Waals surface area contributed by atoms with Gasteiger partial charge in [-0.25, -0.2) is 4.98 Å². The van der Waals surface area contributed by atoms with E-state index in [9.17, 15) is 0 Å². The maximum atomic E-state index is 7.56. The lowest BCUT2D eigenvalue weighted by molar-refractivity contribution is 0.560. The molecule has 0 radical (unpaired) electrons. The molecule has 1 aromatic heterocycles. The van der Waals surface area contributed by atoms with Gasteiger partial charge >= 0.3 is 0 Å². The van der Waals surface area contributed by atoms with Gasteiger partial charge in [0.05, 0.1) is 0 Å². The summed E-state index contributed by atoms with van der Waals surface area (Å²) in [5.74, 6) is 1.51. The Hall–Kier alpha value is -2.36. The summed E-state index contributed by atoms with van der Waals surface area (Å²) in [4.78, 5) is 6.67. The summed E-state index contributed by atoms with van der Waals surface area (Å²) in [7, 11) is 0. The monoisotopic (exact) mass is 266 g/mol. The number of amidine groups is 1. The van der Waals surface area contributed by atoms with Crippen molar-refractivity contribution >= 4 is 17.3 Å². The molecule has 1 aliphatic rings. The van der Waals surface area contributed by atoms with Crippen molar-refractivity contribution in [1.82, 2.24) is 4.98 Å². The third kappa shape index (κ3) is 2.25. The van der Waals surface area contributed by atoms with E-state index in [-0.39, 0.29) is 5.84 Å². The Morgan fingerprint density at radius 2 is 2.15 bits per heavy atom. The first-order valence-electron chi connectivity index (χ1n) is 6.81. The van der Waals surface area contributed by atoms with Crippen LogP contribution in [0.15, 0.2) is 42.6 Å². The quantitative estimate of drug-likeness (QED) is 0.648. The van der Waals surface area contributed by atoms with Crippen molar-refractivity contribution in [3.8, 4) is 0 Å². The van der Waals surface area contributed by atoms with Crippen molar-refractivity contribution in [2.24, 2.45) is 11.7 Å². The van der Waals surface area contributed by atoms with Crippen LogP contribution >= 0.6 is 0 Å². The molecular weight excluding hydrogens is 248 g/mol. The molecule has 1 unspecified atom stereocenters. The lowest BCUT2D eigenvalue weighted by Crippen LogP contribution is -2.31. The van der Waals surface area contributed by atoms with Gasteiger partial charge in [-0.3, -0.25) is 5.41 Å². The zero-order valence-electron chi connectivity index (χ0n) is 11.5. The molecule has 3 rings (SSSR count). The maximum absolute atomic E-state index is 7.56. The van der Waals surface area contributed by atoms with E-state index in [1.807, 2.05) is 6.07 Å². The Labute approximate surface area is 118 Å². The summed E-state index contributed by atoms with van der Waals surface area (Å²) in [5, 5.41) is 7.56. The number of nitrogens with zero attached hydrogens (tertiary/aromatic N) is 2. The van der Waals surface area contributed by atoms with Crippen molar-refractivity contribution in [2.45, 2.75) is 13.3 Å². The van der Waals surface area contributed by atoms with E-state index in [2.05, 4.69) is 41.1 Å². The summed E-state index contributed by atoms with van der Waals surface area (Å²) >= 11 is 0. The fraction of sp³-hybridized carbons (Fsp3) is 0.250. The summed E-state index contributed by atoms with van der Waals surface area (Å²) in [5.41, 5.74) is 8.84. The third-order valence-electron chi connectivity index (χ3n) is 3.68. The second kappa shape index (κ2) is 4.96. The van der Waals surface area contributed by atoms with E-state index < -0.39 is 0 Å². The number of pyridine rings is 1. The van der Waals surface area contributed by atoms with E-state index in [1.54, 1.807) is 12.3 Å². The Morgan fingerprint density at radius 1 is 1.35 bits per heavy atom. The number of nitrogens with two attached hydrogens (primary N) is 1. The molecule has 0 amide bonds. The number of nitrogen functional groups attached to an aromatic ring is 1. The molecule has 0 aliphatic carbocycles. The highest BCUT2D eigenvalue weighted by Crippen LogP contribution is 2.34. The SMILES string of the molecule is CC1Cc2ccccc2N(c2cc(C(=N)N)ccn2)C1. The molecule has 102 valence electrons. The predicted molar refractivity (Wildman–Crippen MR) is 81.6 cm³/mol. The molecule has 2 aromatic rings. The fourth-order valence-corrected chi connectivity index (χ4v) is 2.75. The Morgan fingerprint density at radius 3 is 2.95 bits per heavy atom. The maximum Gasteiger partial charge on any atom is 0.133 e. The minimum absolute atomic E-state index is 0.0759. The second-order valence-electron chi connectivity index (χ2n) is 5.37. The van der Waals surface area contributed by atoms with Gasteiger partial charge in [-0.15, -0.1) is 0 Å². The first kappa shape index (κ1) is 12.7. The van der Waals surface area contributed by atoms with Crippen LogP contribution in [0, 0.1) is 11.3 Å². The van der Waals surface area contributed by atoms with E-state index in [0.29, 0.717) is 11.5 Å². The van der Waals surface area contributed by atoms with Gasteiger partial charge in [0.1, 0.15) is 11.7 Å². The van der Waals surface area contributed by atoms with Crippen LogP contribution in [0.25, 0.3) is 0 Å². The van der Waals surface area contributed by atoms with Gasteiger partial charge in [-0.05, 0) is 36.1 Å². The smallest absolute Gasteiger partial charge is 0.133 e. The van der Waals surface area contributed by atoms with Crippen LogP contribution in [0.4, 0.5) is 11.5 Å². The third-order valence-corrected chi connectivity index (χ3v) is 3.68. The summed E-state index contributed by atoms with van der Waals surface area (Å²) in [6, 6.07) is 12.1. The number of benzene rings is 1. The van der Waals surface area contributed by atoms with Crippen LogP contribution in [0.5, 0.6) is 0 Å². The van der Waals surface area contributed by atoms with E-state index >= 15 is 0 Å². The molecule has 0 saturated carbocycles. The first-order chi connectivity index (χ1) is 9.65. The van der Waals surface area contributed by atoms with Crippen LogP contribution in [-0.4, -0.2) is 17.4 Å². The average molecular weight is 266 g/mol. The predicted octanol–water partition coefficient (Wildman–Crippen LogP) is 2.70. The van der Waals surface area contributed by atoms with Crippen LogP contribution < -0.4 is 10.6 Å².